The fourth-order valence-electron chi connectivity index (χ4n) is 1.67. The van der Waals surface area contributed by atoms with Crippen molar-refractivity contribution >= 4 is 27.0 Å². The van der Waals surface area contributed by atoms with Gasteiger partial charge in [-0.1, -0.05) is 26.0 Å². The van der Waals surface area contributed by atoms with Gasteiger partial charge in [-0.25, -0.2) is 8.42 Å². The molecule has 1 heterocycles. The molecule has 2 rings (SSSR count). The van der Waals surface area contributed by atoms with Crippen molar-refractivity contribution in [2.24, 2.45) is 0 Å². The van der Waals surface area contributed by atoms with E-state index in [1.165, 1.54) is 12.1 Å². The van der Waals surface area contributed by atoms with E-state index in [1.807, 2.05) is 18.2 Å². The number of anilines is 1. The number of thiophene rings is 1. The van der Waals surface area contributed by atoms with Gasteiger partial charge in [0.15, 0.2) is 0 Å². The van der Waals surface area contributed by atoms with Crippen LogP contribution >= 0.6 is 11.3 Å². The molecule has 0 fully saturated rings. The van der Waals surface area contributed by atoms with Crippen molar-refractivity contribution in [2.45, 2.75) is 24.0 Å². The second-order valence-electron chi connectivity index (χ2n) is 4.61. The summed E-state index contributed by atoms with van der Waals surface area (Å²) in [5, 5.41) is 8.73. The van der Waals surface area contributed by atoms with Crippen LogP contribution in [-0.2, 0) is 10.0 Å². The third kappa shape index (κ3) is 3.18. The van der Waals surface area contributed by atoms with Gasteiger partial charge in [0.05, 0.1) is 0 Å². The van der Waals surface area contributed by atoms with Crippen molar-refractivity contribution in [3.63, 3.8) is 0 Å². The number of nitriles is 1. The van der Waals surface area contributed by atoms with E-state index in [1.54, 1.807) is 12.1 Å². The van der Waals surface area contributed by atoms with Crippen LogP contribution < -0.4 is 4.72 Å². The highest BCUT2D eigenvalue weighted by atomic mass is 32.2. The monoisotopic (exact) mass is 306 g/mol. The number of nitrogens with one attached hydrogen (secondary N) is 1. The molecule has 0 spiro atoms. The summed E-state index contributed by atoms with van der Waals surface area (Å²) in [6, 6.07) is 12.2. The molecule has 0 aliphatic carbocycles. The van der Waals surface area contributed by atoms with Gasteiger partial charge in [0, 0.05) is 5.69 Å². The lowest BCUT2D eigenvalue weighted by Crippen LogP contribution is -2.11. The predicted molar refractivity (Wildman–Crippen MR) is 80.4 cm³/mol. The van der Waals surface area contributed by atoms with Gasteiger partial charge in [-0.3, -0.25) is 4.72 Å². The molecule has 20 heavy (non-hydrogen) atoms. The Hall–Kier alpha value is -1.84. The van der Waals surface area contributed by atoms with Gasteiger partial charge in [-0.2, -0.15) is 5.26 Å². The average Bonchev–Trinajstić information content (AvgIpc) is 2.88. The molecule has 0 atom stereocenters. The lowest BCUT2D eigenvalue weighted by Gasteiger charge is -2.09. The zero-order chi connectivity index (χ0) is 14.8. The fraction of sp³-hybridized carbons (Fsp3) is 0.214. The van der Waals surface area contributed by atoms with Crippen molar-refractivity contribution in [3.05, 3.63) is 46.8 Å². The Bertz CT molecular complexity index is 738. The van der Waals surface area contributed by atoms with Gasteiger partial charge >= 0.3 is 0 Å². The molecule has 4 nitrogen and oxygen atoms in total. The highest BCUT2D eigenvalue weighted by molar-refractivity contribution is 7.94. The zero-order valence-corrected chi connectivity index (χ0v) is 12.8. The Balaban J connectivity index is 2.22. The van der Waals surface area contributed by atoms with E-state index in [0.29, 0.717) is 16.5 Å². The molecule has 1 N–H and O–H groups in total. The molecule has 0 saturated carbocycles. The maximum absolute atomic E-state index is 12.1. The van der Waals surface area contributed by atoms with Crippen LogP contribution in [0, 0.1) is 11.3 Å². The molecular weight excluding hydrogens is 292 g/mol. The molecule has 0 saturated heterocycles. The van der Waals surface area contributed by atoms with Crippen LogP contribution in [-0.4, -0.2) is 8.42 Å². The van der Waals surface area contributed by atoms with Crippen molar-refractivity contribution in [1.82, 2.24) is 0 Å². The molecule has 0 bridgehead atoms. The summed E-state index contributed by atoms with van der Waals surface area (Å²) in [5.41, 5.74) is 1.66. The van der Waals surface area contributed by atoms with Crippen LogP contribution in [0.25, 0.3) is 0 Å². The maximum atomic E-state index is 12.1. The lowest BCUT2D eigenvalue weighted by atomic mass is 10.0. The zero-order valence-electron chi connectivity index (χ0n) is 11.1. The highest BCUT2D eigenvalue weighted by Crippen LogP contribution is 2.24. The molecule has 0 amide bonds. The number of nitrogens with zero attached hydrogens (tertiary/aromatic N) is 1. The van der Waals surface area contributed by atoms with Crippen molar-refractivity contribution < 1.29 is 8.42 Å². The Morgan fingerprint density at radius 2 is 1.80 bits per heavy atom. The van der Waals surface area contributed by atoms with E-state index >= 15 is 0 Å². The Morgan fingerprint density at radius 3 is 2.30 bits per heavy atom. The standard InChI is InChI=1S/C14H14N2O2S2/c1-10(2)11-3-5-12(6-4-11)16-20(17,18)14-8-7-13(9-15)19-14/h3-8,10,16H,1-2H3. The fourth-order valence-corrected chi connectivity index (χ4v) is 3.83. The van der Waals surface area contributed by atoms with Gasteiger partial charge in [-0.15, -0.1) is 11.3 Å². The maximum Gasteiger partial charge on any atom is 0.271 e. The Morgan fingerprint density at radius 1 is 1.15 bits per heavy atom. The van der Waals surface area contributed by atoms with Gasteiger partial charge in [0.1, 0.15) is 15.2 Å². The summed E-state index contributed by atoms with van der Waals surface area (Å²) in [5.74, 6) is 0.399. The third-order valence-corrected chi connectivity index (χ3v) is 5.65. The first kappa shape index (κ1) is 14.6. The van der Waals surface area contributed by atoms with E-state index in [0.717, 1.165) is 16.9 Å². The second-order valence-corrected chi connectivity index (χ2v) is 7.61. The molecular formula is C14H14N2O2S2. The summed E-state index contributed by atoms with van der Waals surface area (Å²) in [6.07, 6.45) is 0. The molecule has 0 aliphatic heterocycles. The van der Waals surface area contributed by atoms with Crippen LogP contribution in [0.3, 0.4) is 0 Å². The van der Waals surface area contributed by atoms with Crippen molar-refractivity contribution in [1.29, 1.82) is 5.26 Å². The van der Waals surface area contributed by atoms with E-state index in [-0.39, 0.29) is 4.21 Å². The van der Waals surface area contributed by atoms with Gasteiger partial charge < -0.3 is 0 Å². The van der Waals surface area contributed by atoms with Crippen molar-refractivity contribution in [2.75, 3.05) is 4.72 Å². The molecule has 1 aromatic carbocycles. The predicted octanol–water partition coefficient (Wildman–Crippen LogP) is 3.54. The first-order valence-electron chi connectivity index (χ1n) is 6.05. The number of hydrogen-bond donors (Lipinski definition) is 1. The molecule has 2 aromatic rings. The minimum absolute atomic E-state index is 0.141. The molecule has 1 aromatic heterocycles. The van der Waals surface area contributed by atoms with Crippen LogP contribution in [0.5, 0.6) is 0 Å². The first-order valence-corrected chi connectivity index (χ1v) is 8.35. The smallest absolute Gasteiger partial charge is 0.271 e. The third-order valence-electron chi connectivity index (χ3n) is 2.79. The Kier molecular flexibility index (Phi) is 4.12. The molecule has 0 aliphatic rings. The number of benzene rings is 1. The minimum Gasteiger partial charge on any atom is -0.279 e. The van der Waals surface area contributed by atoms with E-state index in [9.17, 15) is 8.42 Å². The summed E-state index contributed by atoms with van der Waals surface area (Å²) in [6.45, 7) is 4.16. The SMILES string of the molecule is CC(C)c1ccc(NS(=O)(=O)c2ccc(C#N)s2)cc1. The van der Waals surface area contributed by atoms with Crippen LogP contribution in [0.2, 0.25) is 0 Å². The van der Waals surface area contributed by atoms with E-state index in [4.69, 9.17) is 5.26 Å². The summed E-state index contributed by atoms with van der Waals surface area (Å²) in [7, 11) is -3.62. The summed E-state index contributed by atoms with van der Waals surface area (Å²) < 4.78 is 26.9. The summed E-state index contributed by atoms with van der Waals surface area (Å²) >= 11 is 0.956. The number of hydrogen-bond acceptors (Lipinski definition) is 4. The lowest BCUT2D eigenvalue weighted by molar-refractivity contribution is 0.603. The molecule has 6 heteroatoms. The molecule has 0 radical (unpaired) electrons. The minimum atomic E-state index is -3.62. The highest BCUT2D eigenvalue weighted by Gasteiger charge is 2.17. The van der Waals surface area contributed by atoms with Crippen LogP contribution in [0.4, 0.5) is 5.69 Å². The van der Waals surface area contributed by atoms with Crippen LogP contribution in [0.15, 0.2) is 40.6 Å². The first-order chi connectivity index (χ1) is 9.42. The van der Waals surface area contributed by atoms with Gasteiger partial charge in [-0.05, 0) is 35.7 Å². The molecule has 0 unspecified atom stereocenters. The largest absolute Gasteiger partial charge is 0.279 e. The molecule has 104 valence electrons. The van der Waals surface area contributed by atoms with E-state index in [2.05, 4.69) is 18.6 Å². The second kappa shape index (κ2) is 5.65. The summed E-state index contributed by atoms with van der Waals surface area (Å²) in [4.78, 5) is 0.375. The van der Waals surface area contributed by atoms with Gasteiger partial charge in [0.2, 0.25) is 0 Å². The van der Waals surface area contributed by atoms with Gasteiger partial charge in [0.25, 0.3) is 10.0 Å². The van der Waals surface area contributed by atoms with Crippen molar-refractivity contribution in [3.8, 4) is 6.07 Å². The quantitative estimate of drug-likeness (QED) is 0.939. The topological polar surface area (TPSA) is 70.0 Å². The average molecular weight is 306 g/mol. The number of sulfonamides is 1. The normalized spacial score (nSPS) is 11.3. The number of rotatable bonds is 4. The van der Waals surface area contributed by atoms with Crippen LogP contribution in [0.1, 0.15) is 30.2 Å². The van der Waals surface area contributed by atoms with E-state index < -0.39 is 10.0 Å². The Labute approximate surface area is 122 Å².